The normalized spacial score (nSPS) is 25.9. The standard InChI is InChI=1S/C21H25N3O3S/c1-13-20(15-8-10-24(13)11-9-15)23-21(26)18-6-7-19(28-18)27-17-5-3-4-16(12-17)22-14(2)25/h3-7,12-13,15,20H,8-11H2,1-2H3,(H,22,25)(H,23,26). The number of hydrogen-bond acceptors (Lipinski definition) is 5. The van der Waals surface area contributed by atoms with Crippen LogP contribution in [0.5, 0.6) is 10.8 Å². The van der Waals surface area contributed by atoms with Crippen LogP contribution in [0.1, 0.15) is 36.4 Å². The van der Waals surface area contributed by atoms with E-state index in [-0.39, 0.29) is 17.9 Å². The van der Waals surface area contributed by atoms with Crippen LogP contribution in [0.25, 0.3) is 0 Å². The summed E-state index contributed by atoms with van der Waals surface area (Å²) in [5, 5.41) is 6.63. The van der Waals surface area contributed by atoms with Crippen LogP contribution in [0.2, 0.25) is 0 Å². The molecular weight excluding hydrogens is 374 g/mol. The molecule has 7 heteroatoms. The first-order chi connectivity index (χ1) is 13.5. The number of anilines is 1. The number of ether oxygens (including phenoxy) is 1. The highest BCUT2D eigenvalue weighted by Crippen LogP contribution is 2.34. The molecule has 3 fully saturated rings. The maximum absolute atomic E-state index is 12.8. The molecule has 0 spiro atoms. The Morgan fingerprint density at radius 3 is 2.68 bits per heavy atom. The predicted octanol–water partition coefficient (Wildman–Crippen LogP) is 3.71. The van der Waals surface area contributed by atoms with Gasteiger partial charge in [-0.25, -0.2) is 0 Å². The molecule has 3 aliphatic heterocycles. The lowest BCUT2D eigenvalue weighted by molar-refractivity contribution is -0.114. The van der Waals surface area contributed by atoms with Gasteiger partial charge in [0.05, 0.1) is 4.88 Å². The fourth-order valence-electron chi connectivity index (χ4n) is 4.22. The van der Waals surface area contributed by atoms with E-state index in [1.54, 1.807) is 18.2 Å². The maximum atomic E-state index is 12.8. The number of piperidine rings is 3. The Kier molecular flexibility index (Phi) is 5.37. The quantitative estimate of drug-likeness (QED) is 0.804. The molecule has 0 radical (unpaired) electrons. The van der Waals surface area contributed by atoms with E-state index in [1.807, 2.05) is 18.2 Å². The molecule has 2 aromatic rings. The Hall–Kier alpha value is -2.38. The Labute approximate surface area is 168 Å². The number of rotatable bonds is 5. The van der Waals surface area contributed by atoms with E-state index in [0.29, 0.717) is 33.3 Å². The third kappa shape index (κ3) is 4.05. The van der Waals surface area contributed by atoms with Crippen molar-refractivity contribution >= 4 is 28.8 Å². The average Bonchev–Trinajstić information content (AvgIpc) is 3.13. The van der Waals surface area contributed by atoms with E-state index >= 15 is 0 Å². The van der Waals surface area contributed by atoms with Crippen molar-refractivity contribution in [3.63, 3.8) is 0 Å². The van der Waals surface area contributed by atoms with Crippen molar-refractivity contribution in [1.82, 2.24) is 10.2 Å². The number of amides is 2. The van der Waals surface area contributed by atoms with Crippen LogP contribution in [0.15, 0.2) is 36.4 Å². The van der Waals surface area contributed by atoms with Crippen LogP contribution in [-0.2, 0) is 4.79 Å². The van der Waals surface area contributed by atoms with Crippen molar-refractivity contribution in [3.05, 3.63) is 41.3 Å². The molecule has 4 heterocycles. The van der Waals surface area contributed by atoms with Gasteiger partial charge in [-0.3, -0.25) is 14.5 Å². The van der Waals surface area contributed by atoms with Gasteiger partial charge in [-0.1, -0.05) is 17.4 Å². The first-order valence-corrected chi connectivity index (χ1v) is 10.5. The van der Waals surface area contributed by atoms with E-state index in [0.717, 1.165) is 13.1 Å². The molecule has 2 atom stereocenters. The van der Waals surface area contributed by atoms with E-state index in [2.05, 4.69) is 22.5 Å². The fraction of sp³-hybridized carbons (Fsp3) is 0.429. The summed E-state index contributed by atoms with van der Waals surface area (Å²) in [6.07, 6.45) is 2.33. The Bertz CT molecular complexity index is 871. The van der Waals surface area contributed by atoms with E-state index in [1.165, 1.54) is 31.1 Å². The molecule has 148 valence electrons. The van der Waals surface area contributed by atoms with Gasteiger partial charge in [-0.05, 0) is 63.0 Å². The SMILES string of the molecule is CC(=O)Nc1cccc(Oc2ccc(C(=O)NC3C4CCN(CC4)C3C)s2)c1. The molecule has 1 aromatic carbocycles. The summed E-state index contributed by atoms with van der Waals surface area (Å²) < 4.78 is 5.87. The van der Waals surface area contributed by atoms with Crippen molar-refractivity contribution < 1.29 is 14.3 Å². The van der Waals surface area contributed by atoms with Crippen molar-refractivity contribution in [2.45, 2.75) is 38.8 Å². The molecule has 28 heavy (non-hydrogen) atoms. The highest BCUT2D eigenvalue weighted by molar-refractivity contribution is 7.15. The second kappa shape index (κ2) is 7.93. The lowest BCUT2D eigenvalue weighted by atomic mass is 9.79. The molecule has 2 N–H and O–H groups in total. The summed E-state index contributed by atoms with van der Waals surface area (Å²) in [5.41, 5.74) is 0.677. The number of benzene rings is 1. The summed E-state index contributed by atoms with van der Waals surface area (Å²) in [7, 11) is 0. The zero-order valence-electron chi connectivity index (χ0n) is 16.1. The van der Waals surface area contributed by atoms with E-state index < -0.39 is 0 Å². The van der Waals surface area contributed by atoms with Gasteiger partial charge in [0.1, 0.15) is 5.75 Å². The van der Waals surface area contributed by atoms with Crippen molar-refractivity contribution in [1.29, 1.82) is 0 Å². The zero-order valence-corrected chi connectivity index (χ0v) is 16.9. The second-order valence-corrected chi connectivity index (χ2v) is 8.59. The summed E-state index contributed by atoms with van der Waals surface area (Å²) in [6, 6.07) is 11.4. The van der Waals surface area contributed by atoms with Gasteiger partial charge in [-0.15, -0.1) is 0 Å². The van der Waals surface area contributed by atoms with Gasteiger partial charge >= 0.3 is 0 Å². The van der Waals surface area contributed by atoms with Crippen LogP contribution >= 0.6 is 11.3 Å². The molecule has 0 aliphatic carbocycles. The van der Waals surface area contributed by atoms with Crippen LogP contribution in [0.4, 0.5) is 5.69 Å². The van der Waals surface area contributed by atoms with E-state index in [4.69, 9.17) is 4.74 Å². The summed E-state index contributed by atoms with van der Waals surface area (Å²) in [6.45, 7) is 5.97. The van der Waals surface area contributed by atoms with Crippen LogP contribution < -0.4 is 15.4 Å². The highest BCUT2D eigenvalue weighted by Gasteiger charge is 2.40. The van der Waals surface area contributed by atoms with Gasteiger partial charge in [0.25, 0.3) is 5.91 Å². The largest absolute Gasteiger partial charge is 0.447 e. The van der Waals surface area contributed by atoms with Gasteiger partial charge in [-0.2, -0.15) is 0 Å². The number of hydrogen-bond donors (Lipinski definition) is 2. The molecular formula is C21H25N3O3S. The summed E-state index contributed by atoms with van der Waals surface area (Å²) in [5.74, 6) is 1.04. The van der Waals surface area contributed by atoms with E-state index in [9.17, 15) is 9.59 Å². The average molecular weight is 400 g/mol. The smallest absolute Gasteiger partial charge is 0.261 e. The number of fused-ring (bicyclic) bond motifs is 3. The summed E-state index contributed by atoms with van der Waals surface area (Å²) in [4.78, 5) is 27.1. The molecule has 0 saturated carbocycles. The number of nitrogens with one attached hydrogen (secondary N) is 2. The molecule has 2 bridgehead atoms. The molecule has 3 saturated heterocycles. The Morgan fingerprint density at radius 2 is 1.96 bits per heavy atom. The number of carbonyl (C=O) groups excluding carboxylic acids is 2. The minimum Gasteiger partial charge on any atom is -0.447 e. The molecule has 3 aliphatic rings. The lowest BCUT2D eigenvalue weighted by Crippen LogP contribution is -2.62. The molecule has 1 aromatic heterocycles. The minimum atomic E-state index is -0.130. The van der Waals surface area contributed by atoms with Crippen LogP contribution in [0.3, 0.4) is 0 Å². The Morgan fingerprint density at radius 1 is 1.18 bits per heavy atom. The first-order valence-electron chi connectivity index (χ1n) is 9.70. The lowest BCUT2D eigenvalue weighted by Gasteiger charge is -2.49. The van der Waals surface area contributed by atoms with Crippen molar-refractivity contribution in [2.75, 3.05) is 18.4 Å². The monoisotopic (exact) mass is 399 g/mol. The minimum absolute atomic E-state index is 0.0301. The van der Waals surface area contributed by atoms with Gasteiger partial charge in [0.2, 0.25) is 5.91 Å². The number of nitrogens with zero attached hydrogens (tertiary/aromatic N) is 1. The molecule has 5 rings (SSSR count). The van der Waals surface area contributed by atoms with Crippen molar-refractivity contribution in [3.8, 4) is 10.8 Å². The van der Waals surface area contributed by atoms with Crippen molar-refractivity contribution in [2.24, 2.45) is 5.92 Å². The zero-order chi connectivity index (χ0) is 19.7. The third-order valence-electron chi connectivity index (χ3n) is 5.65. The molecule has 2 unspecified atom stereocenters. The maximum Gasteiger partial charge on any atom is 0.261 e. The van der Waals surface area contributed by atoms with Crippen LogP contribution in [0, 0.1) is 5.92 Å². The third-order valence-corrected chi connectivity index (χ3v) is 6.62. The first kappa shape index (κ1) is 19.0. The highest BCUT2D eigenvalue weighted by atomic mass is 32.1. The second-order valence-electron chi connectivity index (χ2n) is 7.54. The van der Waals surface area contributed by atoms with Gasteiger partial charge in [0.15, 0.2) is 5.06 Å². The Balaban J connectivity index is 1.40. The number of carbonyl (C=O) groups is 2. The summed E-state index contributed by atoms with van der Waals surface area (Å²) >= 11 is 1.33. The van der Waals surface area contributed by atoms with Crippen LogP contribution in [-0.4, -0.2) is 41.9 Å². The number of thiophene rings is 1. The molecule has 6 nitrogen and oxygen atoms in total. The topological polar surface area (TPSA) is 70.7 Å². The van der Waals surface area contributed by atoms with Gasteiger partial charge in [0, 0.05) is 30.8 Å². The predicted molar refractivity (Wildman–Crippen MR) is 110 cm³/mol. The molecule has 2 amide bonds. The van der Waals surface area contributed by atoms with Gasteiger partial charge < -0.3 is 15.4 Å². The fourth-order valence-corrected chi connectivity index (χ4v) is 5.00.